The van der Waals surface area contributed by atoms with Crippen molar-refractivity contribution in [1.29, 1.82) is 0 Å². The lowest BCUT2D eigenvalue weighted by atomic mass is 9.49. The van der Waals surface area contributed by atoms with Crippen molar-refractivity contribution in [2.45, 2.75) is 111 Å². The molecule has 4 aromatic carbocycles. The number of anilines is 2. The number of aryl methyl sites for hydroxylation is 2. The van der Waals surface area contributed by atoms with Gasteiger partial charge in [-0.15, -0.1) is 22.7 Å². The van der Waals surface area contributed by atoms with Crippen LogP contribution in [-0.4, -0.2) is 58.2 Å². The quantitative estimate of drug-likeness (QED) is 0.0961. The zero-order valence-corrected chi connectivity index (χ0v) is 49.4. The number of halogens is 14. The summed E-state index contributed by atoms with van der Waals surface area (Å²) in [6, 6.07) is 16.8. The van der Waals surface area contributed by atoms with Gasteiger partial charge in [0.15, 0.2) is 11.4 Å². The fraction of sp³-hybridized carbons (Fsp3) is 0.347. The Morgan fingerprint density at radius 3 is 1.31 bits per heavy atom. The molecule has 8 rings (SSSR count). The predicted molar refractivity (Wildman–Crippen MR) is 299 cm³/mol. The molecule has 0 saturated carbocycles. The van der Waals surface area contributed by atoms with E-state index < -0.39 is 71.0 Å². The van der Waals surface area contributed by atoms with Crippen molar-refractivity contribution in [3.8, 4) is 11.1 Å². The van der Waals surface area contributed by atoms with Crippen molar-refractivity contribution in [3.63, 3.8) is 0 Å². The van der Waals surface area contributed by atoms with Crippen LogP contribution < -0.4 is 10.6 Å². The molecule has 6 aromatic rings. The summed E-state index contributed by atoms with van der Waals surface area (Å²) in [4.78, 5) is 30.1. The summed E-state index contributed by atoms with van der Waals surface area (Å²) in [5.74, 6) is -3.07. The second kappa shape index (κ2) is 25.6. The van der Waals surface area contributed by atoms with Crippen LogP contribution in [0.5, 0.6) is 0 Å². The second-order valence-corrected chi connectivity index (χ2v) is 24.3. The molecule has 0 aliphatic carbocycles. The Labute approximate surface area is 485 Å². The molecule has 2 aliphatic rings. The lowest BCUT2D eigenvalue weighted by Gasteiger charge is -2.32. The molecule has 4 heterocycles. The SMILES string of the molecule is C.CC1(C)OB(B2OC(C)(C)C(C)(C)O2)OC1(C)C.Cc1nc(C(F)(F)F)c(C(=O)Nc2ccc(F)cc2-c2ccc(Cl)c(Cl)c2)s1.Cc1nc(C(F)(F)F)c(C(=O)Nc2ccc(F)cc2Br)s1.Clc1ccc(Br)cc1Cl. The smallest absolute Gasteiger partial charge is 0.405 e. The first-order valence-electron chi connectivity index (χ1n) is 22.1. The van der Waals surface area contributed by atoms with Gasteiger partial charge in [0, 0.05) is 20.2 Å². The van der Waals surface area contributed by atoms with Crippen LogP contribution in [-0.2, 0) is 31.0 Å². The standard InChI is InChI=1S/C18H10Cl2F4N2OS.C12H24B2O4.C12H7BrF4N2OS.C6H3BrCl2.CH4/c1-8-25-16(18(22,23)24)15(28-8)17(27)26-14-5-3-10(21)7-11(14)9-2-4-12(19)13(20)6-9;1-9(2)10(3,4)16-13(15-9)14-17-11(5,6)12(7,8)18-14;1-5-18-10(12(15,16)17)9(21-5)11(20)19-8-3-2-6(14)4-7(8)13;7-4-1-2-5(8)6(9)3-4;/h2-7H,1H3,(H,26,27);1-8H3;2-4H,1H3,(H,19,20);1-3H;1H4. The highest BCUT2D eigenvalue weighted by molar-refractivity contribution is 9.10. The Balaban J connectivity index is 0.000000234. The van der Waals surface area contributed by atoms with E-state index in [1.165, 1.54) is 38.1 Å². The molecule has 2 amide bonds. The Morgan fingerprint density at radius 1 is 0.558 bits per heavy atom. The lowest BCUT2D eigenvalue weighted by molar-refractivity contribution is -0.141. The van der Waals surface area contributed by atoms with Gasteiger partial charge in [0.05, 0.1) is 58.2 Å². The number of carbonyl (C=O) groups is 2. The van der Waals surface area contributed by atoms with Crippen LogP contribution in [0, 0.1) is 25.5 Å². The molecule has 28 heteroatoms. The van der Waals surface area contributed by atoms with Crippen molar-refractivity contribution in [3.05, 3.63) is 145 Å². The summed E-state index contributed by atoms with van der Waals surface area (Å²) < 4.78 is 129. The van der Waals surface area contributed by atoms with Crippen molar-refractivity contribution in [2.75, 3.05) is 10.6 Å². The third-order valence-electron chi connectivity index (χ3n) is 11.7. The van der Waals surface area contributed by atoms with E-state index >= 15 is 0 Å². The molecule has 10 nitrogen and oxygen atoms in total. The van der Waals surface area contributed by atoms with Crippen LogP contribution in [0.2, 0.25) is 20.1 Å². The molecule has 2 aliphatic heterocycles. The van der Waals surface area contributed by atoms with Gasteiger partial charge in [0.2, 0.25) is 0 Å². The highest BCUT2D eigenvalue weighted by Gasteiger charge is 2.63. The molecule has 2 fully saturated rings. The minimum absolute atomic E-state index is 0. The van der Waals surface area contributed by atoms with E-state index in [2.05, 4.69) is 52.5 Å². The number of hydrogen-bond donors (Lipinski definition) is 2. The summed E-state index contributed by atoms with van der Waals surface area (Å²) in [5, 5.41) is 6.57. The van der Waals surface area contributed by atoms with Gasteiger partial charge in [-0.3, -0.25) is 9.59 Å². The molecule has 2 saturated heterocycles. The van der Waals surface area contributed by atoms with Gasteiger partial charge in [0.25, 0.3) is 11.8 Å². The lowest BCUT2D eigenvalue weighted by Crippen LogP contribution is -2.41. The first-order valence-corrected chi connectivity index (χ1v) is 26.8. The number of benzene rings is 4. The number of hydrogen-bond acceptors (Lipinski definition) is 10. The summed E-state index contributed by atoms with van der Waals surface area (Å²) in [6.07, 6.45) is -9.48. The molecule has 0 radical (unpaired) electrons. The average Bonchev–Trinajstić information content (AvgIpc) is 4.01. The Hall–Kier alpha value is -3.39. The predicted octanol–water partition coefficient (Wildman–Crippen LogP) is 18.1. The first-order chi connectivity index (χ1) is 34.8. The minimum atomic E-state index is -4.77. The fourth-order valence-corrected chi connectivity index (χ4v) is 9.70. The van der Waals surface area contributed by atoms with Crippen molar-refractivity contribution >= 4 is 138 Å². The van der Waals surface area contributed by atoms with E-state index in [9.17, 15) is 44.7 Å². The summed E-state index contributed by atoms with van der Waals surface area (Å²) in [6.45, 7) is 19.0. The zero-order valence-electron chi connectivity index (χ0n) is 41.5. The number of amides is 2. The topological polar surface area (TPSA) is 121 Å². The summed E-state index contributed by atoms with van der Waals surface area (Å²) in [5.41, 5.74) is -2.97. The Kier molecular flexibility index (Phi) is 22.0. The van der Waals surface area contributed by atoms with Gasteiger partial charge in [-0.2, -0.15) is 26.3 Å². The molecule has 0 bridgehead atoms. The average molecular weight is 1330 g/mol. The normalized spacial score (nSPS) is 15.9. The minimum Gasteiger partial charge on any atom is -0.405 e. The molecular weight excluding hydrogens is 1280 g/mol. The number of carbonyl (C=O) groups excluding carboxylic acids is 2. The zero-order chi connectivity index (χ0) is 57.3. The Morgan fingerprint density at radius 2 is 0.935 bits per heavy atom. The van der Waals surface area contributed by atoms with Crippen LogP contribution >= 0.6 is 101 Å². The van der Waals surface area contributed by atoms with E-state index in [0.29, 0.717) is 38.3 Å². The maximum absolute atomic E-state index is 13.8. The Bertz CT molecular complexity index is 3050. The summed E-state index contributed by atoms with van der Waals surface area (Å²) in [7, 11) is -0.952. The number of thiazole rings is 2. The number of nitrogens with one attached hydrogen (secondary N) is 2. The number of aromatic nitrogens is 2. The monoisotopic (exact) mass is 1320 g/mol. The number of alkyl halides is 6. The third kappa shape index (κ3) is 16.8. The fourth-order valence-electron chi connectivity index (χ4n) is 6.49. The molecule has 0 atom stereocenters. The largest absolute Gasteiger partial charge is 0.488 e. The van der Waals surface area contributed by atoms with Gasteiger partial charge < -0.3 is 29.3 Å². The molecular formula is C49H48B2Br2Cl4F8N4O6S2. The van der Waals surface area contributed by atoms with Gasteiger partial charge >= 0.3 is 26.4 Å². The summed E-state index contributed by atoms with van der Waals surface area (Å²) >= 11 is 30.7. The molecule has 0 spiro atoms. The maximum Gasteiger partial charge on any atom is 0.488 e. The van der Waals surface area contributed by atoms with Gasteiger partial charge in [-0.05, 0) is 157 Å². The van der Waals surface area contributed by atoms with Gasteiger partial charge in [0.1, 0.15) is 21.4 Å². The number of nitrogens with zero attached hydrogens (tertiary/aromatic N) is 2. The highest BCUT2D eigenvalue weighted by atomic mass is 79.9. The maximum atomic E-state index is 13.8. The first kappa shape index (κ1) is 66.1. The molecule has 2 N–H and O–H groups in total. The molecule has 0 unspecified atom stereocenters. The molecule has 2 aromatic heterocycles. The second-order valence-electron chi connectivity index (χ2n) is 18.5. The van der Waals surface area contributed by atoms with Crippen LogP contribution in [0.1, 0.15) is 104 Å². The van der Waals surface area contributed by atoms with E-state index in [1.807, 2.05) is 61.5 Å². The van der Waals surface area contributed by atoms with E-state index in [4.69, 9.17) is 65.0 Å². The van der Waals surface area contributed by atoms with Gasteiger partial charge in [-0.1, -0.05) is 75.8 Å². The molecule has 77 heavy (non-hydrogen) atoms. The van der Waals surface area contributed by atoms with Crippen LogP contribution in [0.3, 0.4) is 0 Å². The van der Waals surface area contributed by atoms with Crippen molar-refractivity contribution < 1.29 is 63.3 Å². The van der Waals surface area contributed by atoms with E-state index in [1.54, 1.807) is 18.2 Å². The van der Waals surface area contributed by atoms with Crippen LogP contribution in [0.4, 0.5) is 46.5 Å². The van der Waals surface area contributed by atoms with Crippen LogP contribution in [0.15, 0.2) is 81.7 Å². The molecule has 416 valence electrons. The number of rotatable bonds is 6. The third-order valence-corrected chi connectivity index (χ3v) is 16.3. The van der Waals surface area contributed by atoms with Crippen molar-refractivity contribution in [1.82, 2.24) is 9.97 Å². The van der Waals surface area contributed by atoms with Crippen LogP contribution in [0.25, 0.3) is 11.1 Å². The van der Waals surface area contributed by atoms with E-state index in [-0.39, 0.29) is 71.3 Å². The van der Waals surface area contributed by atoms with Crippen molar-refractivity contribution in [2.24, 2.45) is 0 Å². The van der Waals surface area contributed by atoms with E-state index in [0.717, 1.165) is 28.7 Å². The van der Waals surface area contributed by atoms with Gasteiger partial charge in [-0.25, -0.2) is 18.7 Å². The highest BCUT2D eigenvalue weighted by Crippen LogP contribution is 2.44.